The second-order valence-electron chi connectivity index (χ2n) is 3.15. The van der Waals surface area contributed by atoms with E-state index in [0.717, 1.165) is 6.42 Å². The molecule has 6 heteroatoms. The lowest BCUT2D eigenvalue weighted by Gasteiger charge is -1.97. The average molecular weight is 237 g/mol. The third-order valence-electron chi connectivity index (χ3n) is 2.07. The fourth-order valence-corrected chi connectivity index (χ4v) is 1.96. The molecule has 2 aromatic heterocycles. The highest BCUT2D eigenvalue weighted by Crippen LogP contribution is 2.09. The number of carbonyl (C=O) groups excluding carboxylic acids is 1. The largest absolute Gasteiger partial charge is 0.463 e. The molecule has 2 rings (SSSR count). The first-order valence-electron chi connectivity index (χ1n) is 4.80. The van der Waals surface area contributed by atoms with Gasteiger partial charge in [-0.2, -0.15) is 0 Å². The van der Waals surface area contributed by atoms with Crippen molar-refractivity contribution in [1.29, 1.82) is 0 Å². The minimum atomic E-state index is -0.505. The molecule has 0 amide bonds. The van der Waals surface area contributed by atoms with Gasteiger partial charge in [-0.1, -0.05) is 6.07 Å². The van der Waals surface area contributed by atoms with Gasteiger partial charge in [0.25, 0.3) is 5.82 Å². The number of hydrogen-bond acceptors (Lipinski definition) is 5. The molecule has 0 atom stereocenters. The van der Waals surface area contributed by atoms with Crippen LogP contribution in [-0.4, -0.2) is 27.8 Å². The van der Waals surface area contributed by atoms with Crippen LogP contribution in [0.15, 0.2) is 23.8 Å². The van der Waals surface area contributed by atoms with E-state index in [1.54, 1.807) is 22.3 Å². The molecule has 2 aromatic rings. The highest BCUT2D eigenvalue weighted by atomic mass is 32.1. The molecule has 84 valence electrons. The van der Waals surface area contributed by atoms with Crippen molar-refractivity contribution < 1.29 is 9.53 Å². The summed E-state index contributed by atoms with van der Waals surface area (Å²) in [7, 11) is 1.31. The number of carbonyl (C=O) groups is 1. The Morgan fingerprint density at radius 2 is 2.50 bits per heavy atom. The molecule has 5 nitrogen and oxygen atoms in total. The number of thiophene rings is 1. The van der Waals surface area contributed by atoms with E-state index in [4.69, 9.17) is 0 Å². The van der Waals surface area contributed by atoms with E-state index in [9.17, 15) is 4.79 Å². The van der Waals surface area contributed by atoms with E-state index < -0.39 is 5.97 Å². The van der Waals surface area contributed by atoms with E-state index in [2.05, 4.69) is 20.9 Å². The van der Waals surface area contributed by atoms with E-state index in [-0.39, 0.29) is 5.82 Å². The lowest BCUT2D eigenvalue weighted by atomic mass is 10.3. The Labute approximate surface area is 96.7 Å². The Morgan fingerprint density at radius 1 is 1.62 bits per heavy atom. The van der Waals surface area contributed by atoms with Gasteiger partial charge in [-0.25, -0.2) is 9.78 Å². The van der Waals surface area contributed by atoms with Crippen LogP contribution in [0.1, 0.15) is 15.5 Å². The van der Waals surface area contributed by atoms with Crippen LogP contribution < -0.4 is 0 Å². The van der Waals surface area contributed by atoms with E-state index >= 15 is 0 Å². The summed E-state index contributed by atoms with van der Waals surface area (Å²) < 4.78 is 6.17. The number of rotatable bonds is 4. The number of hydrogen-bond donors (Lipinski definition) is 0. The van der Waals surface area contributed by atoms with Crippen molar-refractivity contribution in [2.45, 2.75) is 13.0 Å². The first kappa shape index (κ1) is 10.8. The molecule has 0 unspecified atom stereocenters. The van der Waals surface area contributed by atoms with Crippen molar-refractivity contribution in [3.05, 3.63) is 34.5 Å². The van der Waals surface area contributed by atoms with Gasteiger partial charge in [0.05, 0.1) is 7.11 Å². The van der Waals surface area contributed by atoms with Crippen molar-refractivity contribution >= 4 is 17.3 Å². The molecule has 0 aliphatic heterocycles. The van der Waals surface area contributed by atoms with Crippen LogP contribution in [0.2, 0.25) is 0 Å². The van der Waals surface area contributed by atoms with E-state index in [1.807, 2.05) is 11.4 Å². The molecular formula is C10H11N3O2S. The van der Waals surface area contributed by atoms with Crippen molar-refractivity contribution in [2.75, 3.05) is 7.11 Å². The Hall–Kier alpha value is -1.69. The Balaban J connectivity index is 1.95. The summed E-state index contributed by atoms with van der Waals surface area (Å²) in [5.74, 6) is -0.399. The molecule has 0 fully saturated rings. The summed E-state index contributed by atoms with van der Waals surface area (Å²) in [6.45, 7) is 0.713. The first-order valence-corrected chi connectivity index (χ1v) is 5.67. The fraction of sp³-hybridized carbons (Fsp3) is 0.300. The van der Waals surface area contributed by atoms with Crippen molar-refractivity contribution in [3.8, 4) is 0 Å². The Morgan fingerprint density at radius 3 is 3.19 bits per heavy atom. The molecule has 0 spiro atoms. The summed E-state index contributed by atoms with van der Waals surface area (Å²) >= 11 is 1.71. The van der Waals surface area contributed by atoms with Crippen LogP contribution in [0.4, 0.5) is 0 Å². The van der Waals surface area contributed by atoms with Gasteiger partial charge in [-0.3, -0.25) is 4.68 Å². The molecule has 2 heterocycles. The smallest absolute Gasteiger partial charge is 0.377 e. The Kier molecular flexibility index (Phi) is 3.31. The zero-order valence-electron chi connectivity index (χ0n) is 8.79. The van der Waals surface area contributed by atoms with Gasteiger partial charge in [-0.15, -0.1) is 16.4 Å². The molecule has 0 bridgehead atoms. The second kappa shape index (κ2) is 4.89. The third-order valence-corrected chi connectivity index (χ3v) is 3.01. The van der Waals surface area contributed by atoms with Gasteiger partial charge < -0.3 is 4.74 Å². The fourth-order valence-electron chi connectivity index (χ4n) is 1.27. The van der Waals surface area contributed by atoms with Gasteiger partial charge in [0, 0.05) is 17.8 Å². The zero-order valence-corrected chi connectivity index (χ0v) is 9.61. The molecule has 0 aliphatic carbocycles. The molecule has 0 aromatic carbocycles. The molecule has 0 saturated heterocycles. The standard InChI is InChI=1S/C10H11N3O2S/c1-15-10(14)9-11-7-13(12-9)5-4-8-3-2-6-16-8/h2-3,6-7H,4-5H2,1H3. The van der Waals surface area contributed by atoms with Gasteiger partial charge >= 0.3 is 5.97 Å². The highest BCUT2D eigenvalue weighted by Gasteiger charge is 2.10. The minimum Gasteiger partial charge on any atom is -0.463 e. The number of ether oxygens (including phenoxy) is 1. The molecule has 0 radical (unpaired) electrons. The number of nitrogens with zero attached hydrogens (tertiary/aromatic N) is 3. The SMILES string of the molecule is COC(=O)c1ncn(CCc2cccs2)n1. The van der Waals surface area contributed by atoms with Gasteiger partial charge in [0.15, 0.2) is 0 Å². The maximum atomic E-state index is 11.1. The zero-order chi connectivity index (χ0) is 11.4. The van der Waals surface area contributed by atoms with Crippen molar-refractivity contribution in [3.63, 3.8) is 0 Å². The number of esters is 1. The first-order chi connectivity index (χ1) is 7.79. The van der Waals surface area contributed by atoms with Crippen LogP contribution in [0, 0.1) is 0 Å². The normalized spacial score (nSPS) is 10.3. The second-order valence-corrected chi connectivity index (χ2v) is 4.18. The number of methoxy groups -OCH3 is 1. The lowest BCUT2D eigenvalue weighted by molar-refractivity contribution is 0.0586. The average Bonchev–Trinajstić information content (AvgIpc) is 2.96. The molecule has 0 aliphatic rings. The summed E-state index contributed by atoms with van der Waals surface area (Å²) in [5.41, 5.74) is 0. The predicted octanol–water partition coefficient (Wildman–Crippen LogP) is 1.37. The molecule has 0 N–H and O–H groups in total. The maximum Gasteiger partial charge on any atom is 0.377 e. The topological polar surface area (TPSA) is 57.0 Å². The predicted molar refractivity (Wildman–Crippen MR) is 59.4 cm³/mol. The van der Waals surface area contributed by atoms with Crippen LogP contribution in [0.5, 0.6) is 0 Å². The molecular weight excluding hydrogens is 226 g/mol. The monoisotopic (exact) mass is 237 g/mol. The summed E-state index contributed by atoms with van der Waals surface area (Å²) in [6, 6.07) is 4.09. The molecule has 16 heavy (non-hydrogen) atoms. The quantitative estimate of drug-likeness (QED) is 0.754. The minimum absolute atomic E-state index is 0.105. The number of aryl methyl sites for hydroxylation is 2. The number of aromatic nitrogens is 3. The lowest BCUT2D eigenvalue weighted by Crippen LogP contribution is -2.06. The maximum absolute atomic E-state index is 11.1. The summed E-state index contributed by atoms with van der Waals surface area (Å²) in [4.78, 5) is 16.3. The van der Waals surface area contributed by atoms with Gasteiger partial charge in [-0.05, 0) is 11.4 Å². The van der Waals surface area contributed by atoms with Crippen LogP contribution in [0.3, 0.4) is 0 Å². The third kappa shape index (κ3) is 2.46. The Bertz CT molecular complexity index is 464. The van der Waals surface area contributed by atoms with Crippen LogP contribution >= 0.6 is 11.3 Å². The van der Waals surface area contributed by atoms with Crippen LogP contribution in [-0.2, 0) is 17.7 Å². The van der Waals surface area contributed by atoms with Crippen molar-refractivity contribution in [1.82, 2.24) is 14.8 Å². The summed E-state index contributed by atoms with van der Waals surface area (Å²) in [5, 5.41) is 6.05. The van der Waals surface area contributed by atoms with Gasteiger partial charge in [0.1, 0.15) is 6.33 Å². The van der Waals surface area contributed by atoms with Crippen molar-refractivity contribution in [2.24, 2.45) is 0 Å². The van der Waals surface area contributed by atoms with Gasteiger partial charge in [0.2, 0.25) is 0 Å². The van der Waals surface area contributed by atoms with E-state index in [1.165, 1.54) is 12.0 Å². The summed E-state index contributed by atoms with van der Waals surface area (Å²) in [6.07, 6.45) is 2.43. The molecule has 0 saturated carbocycles. The van der Waals surface area contributed by atoms with Crippen LogP contribution in [0.25, 0.3) is 0 Å². The highest BCUT2D eigenvalue weighted by molar-refractivity contribution is 7.09. The van der Waals surface area contributed by atoms with E-state index in [0.29, 0.717) is 6.54 Å².